The summed E-state index contributed by atoms with van der Waals surface area (Å²) in [5, 5.41) is 6.14. The number of pyridine rings is 1. The van der Waals surface area contributed by atoms with Gasteiger partial charge in [0, 0.05) is 5.69 Å². The Hall–Kier alpha value is -3.54. The molecule has 0 radical (unpaired) electrons. The number of methoxy groups -OCH3 is 1. The number of hydrogen-bond acceptors (Lipinski definition) is 5. The summed E-state index contributed by atoms with van der Waals surface area (Å²) in [5.74, 6) is 1.26. The van der Waals surface area contributed by atoms with Crippen LogP contribution in [-0.2, 0) is 0 Å². The van der Waals surface area contributed by atoms with Gasteiger partial charge in [-0.15, -0.1) is 0 Å². The Bertz CT molecular complexity index is 954. The second-order valence-electron chi connectivity index (χ2n) is 6.66. The number of rotatable bonds is 8. The van der Waals surface area contributed by atoms with Gasteiger partial charge in [-0.05, 0) is 67.4 Å². The largest absolute Gasteiger partial charge is 0.497 e. The highest BCUT2D eigenvalue weighted by molar-refractivity contribution is 5.92. The van der Waals surface area contributed by atoms with E-state index in [0.717, 1.165) is 28.4 Å². The van der Waals surface area contributed by atoms with E-state index in [4.69, 9.17) is 9.47 Å². The predicted octanol–water partition coefficient (Wildman–Crippen LogP) is 4.26. The van der Waals surface area contributed by atoms with Crippen LogP contribution in [0.5, 0.6) is 11.5 Å². The molecule has 0 fully saturated rings. The molecule has 2 N–H and O–H groups in total. The van der Waals surface area contributed by atoms with Gasteiger partial charge in [0.15, 0.2) is 0 Å². The Morgan fingerprint density at radius 2 is 1.76 bits per heavy atom. The number of aryl methyl sites for hydroxylation is 2. The standard InChI is InChI=1S/C23H25N3O3/c1-16-4-5-17(2)22(14-16)26-18-6-11-21(25-15-18)23(27)24-12-13-29-20-9-7-19(28-3)8-10-20/h4-11,14-15,26H,12-13H2,1-3H3,(H,24,27). The molecular weight excluding hydrogens is 366 g/mol. The van der Waals surface area contributed by atoms with Crippen molar-refractivity contribution in [2.24, 2.45) is 0 Å². The van der Waals surface area contributed by atoms with Crippen LogP contribution in [0.25, 0.3) is 0 Å². The average Bonchev–Trinajstić information content (AvgIpc) is 2.74. The number of ether oxygens (including phenoxy) is 2. The van der Waals surface area contributed by atoms with Gasteiger partial charge in [0.25, 0.3) is 5.91 Å². The van der Waals surface area contributed by atoms with E-state index in [2.05, 4.69) is 40.7 Å². The maximum atomic E-state index is 12.2. The fourth-order valence-electron chi connectivity index (χ4n) is 2.72. The highest BCUT2D eigenvalue weighted by Crippen LogP contribution is 2.21. The fraction of sp³-hybridized carbons (Fsp3) is 0.217. The Kier molecular flexibility index (Phi) is 6.68. The smallest absolute Gasteiger partial charge is 0.269 e. The molecule has 0 saturated heterocycles. The number of carbonyl (C=O) groups is 1. The summed E-state index contributed by atoms with van der Waals surface area (Å²) in [7, 11) is 1.62. The molecule has 0 unspecified atom stereocenters. The SMILES string of the molecule is COc1ccc(OCCNC(=O)c2ccc(Nc3cc(C)ccc3C)cn2)cc1. The summed E-state index contributed by atoms with van der Waals surface area (Å²) in [5.41, 5.74) is 4.55. The number of nitrogens with one attached hydrogen (secondary N) is 2. The number of anilines is 2. The molecule has 150 valence electrons. The van der Waals surface area contributed by atoms with E-state index in [-0.39, 0.29) is 5.91 Å². The number of carbonyl (C=O) groups excluding carboxylic acids is 1. The fourth-order valence-corrected chi connectivity index (χ4v) is 2.72. The number of hydrogen-bond donors (Lipinski definition) is 2. The summed E-state index contributed by atoms with van der Waals surface area (Å²) >= 11 is 0. The van der Waals surface area contributed by atoms with Crippen molar-refractivity contribution in [3.8, 4) is 11.5 Å². The van der Waals surface area contributed by atoms with Crippen molar-refractivity contribution < 1.29 is 14.3 Å². The molecule has 3 rings (SSSR count). The van der Waals surface area contributed by atoms with Gasteiger partial charge in [0.1, 0.15) is 23.8 Å². The summed E-state index contributed by atoms with van der Waals surface area (Å²) in [4.78, 5) is 16.5. The van der Waals surface area contributed by atoms with Crippen molar-refractivity contribution in [2.45, 2.75) is 13.8 Å². The van der Waals surface area contributed by atoms with Crippen molar-refractivity contribution in [3.63, 3.8) is 0 Å². The van der Waals surface area contributed by atoms with E-state index in [1.807, 2.05) is 37.3 Å². The molecule has 3 aromatic rings. The molecule has 0 aliphatic carbocycles. The Morgan fingerprint density at radius 3 is 2.45 bits per heavy atom. The maximum absolute atomic E-state index is 12.2. The predicted molar refractivity (Wildman–Crippen MR) is 114 cm³/mol. The minimum Gasteiger partial charge on any atom is -0.497 e. The van der Waals surface area contributed by atoms with Gasteiger partial charge in [0.05, 0.1) is 25.5 Å². The lowest BCUT2D eigenvalue weighted by Crippen LogP contribution is -2.28. The van der Waals surface area contributed by atoms with Gasteiger partial charge in [-0.2, -0.15) is 0 Å². The van der Waals surface area contributed by atoms with Gasteiger partial charge in [-0.3, -0.25) is 4.79 Å². The summed E-state index contributed by atoms with van der Waals surface area (Å²) < 4.78 is 10.7. The molecule has 6 nitrogen and oxygen atoms in total. The topological polar surface area (TPSA) is 72.5 Å². The average molecular weight is 391 g/mol. The highest BCUT2D eigenvalue weighted by atomic mass is 16.5. The van der Waals surface area contributed by atoms with Crippen LogP contribution in [0.2, 0.25) is 0 Å². The molecule has 2 aromatic carbocycles. The molecular formula is C23H25N3O3. The van der Waals surface area contributed by atoms with Crippen LogP contribution < -0.4 is 20.1 Å². The zero-order valence-electron chi connectivity index (χ0n) is 16.9. The van der Waals surface area contributed by atoms with Crippen molar-refractivity contribution in [1.29, 1.82) is 0 Å². The van der Waals surface area contributed by atoms with E-state index in [1.165, 1.54) is 5.56 Å². The molecule has 0 aliphatic rings. The minimum absolute atomic E-state index is 0.235. The first-order valence-corrected chi connectivity index (χ1v) is 9.40. The molecule has 0 spiro atoms. The van der Waals surface area contributed by atoms with Crippen LogP contribution >= 0.6 is 0 Å². The van der Waals surface area contributed by atoms with Crippen LogP contribution in [0.1, 0.15) is 21.6 Å². The van der Waals surface area contributed by atoms with Crippen LogP contribution in [0.15, 0.2) is 60.8 Å². The lowest BCUT2D eigenvalue weighted by molar-refractivity contribution is 0.0942. The van der Waals surface area contributed by atoms with Gasteiger partial charge < -0.3 is 20.1 Å². The monoisotopic (exact) mass is 391 g/mol. The van der Waals surface area contributed by atoms with E-state index >= 15 is 0 Å². The quantitative estimate of drug-likeness (QED) is 0.562. The molecule has 1 amide bonds. The number of amides is 1. The first kappa shape index (κ1) is 20.2. The molecule has 6 heteroatoms. The normalized spacial score (nSPS) is 10.3. The minimum atomic E-state index is -0.235. The lowest BCUT2D eigenvalue weighted by Gasteiger charge is -2.11. The van der Waals surface area contributed by atoms with E-state index in [1.54, 1.807) is 19.4 Å². The van der Waals surface area contributed by atoms with Crippen LogP contribution in [0.3, 0.4) is 0 Å². The second kappa shape index (κ2) is 9.59. The highest BCUT2D eigenvalue weighted by Gasteiger charge is 2.07. The van der Waals surface area contributed by atoms with Crippen molar-refractivity contribution in [1.82, 2.24) is 10.3 Å². The van der Waals surface area contributed by atoms with E-state index in [0.29, 0.717) is 18.8 Å². The molecule has 0 bridgehead atoms. The molecule has 0 atom stereocenters. The van der Waals surface area contributed by atoms with Crippen molar-refractivity contribution in [2.75, 3.05) is 25.6 Å². The Morgan fingerprint density at radius 1 is 1.00 bits per heavy atom. The van der Waals surface area contributed by atoms with Gasteiger partial charge >= 0.3 is 0 Å². The van der Waals surface area contributed by atoms with Gasteiger partial charge in [-0.25, -0.2) is 4.98 Å². The number of benzene rings is 2. The Labute approximate surface area is 170 Å². The third-order valence-corrected chi connectivity index (χ3v) is 4.38. The molecule has 0 aliphatic heterocycles. The van der Waals surface area contributed by atoms with Crippen molar-refractivity contribution >= 4 is 17.3 Å². The Balaban J connectivity index is 1.47. The van der Waals surface area contributed by atoms with Crippen LogP contribution in [0.4, 0.5) is 11.4 Å². The summed E-state index contributed by atoms with van der Waals surface area (Å²) in [6.07, 6.45) is 1.66. The van der Waals surface area contributed by atoms with Crippen LogP contribution in [-0.4, -0.2) is 31.2 Å². The molecule has 1 heterocycles. The number of aromatic nitrogens is 1. The first-order chi connectivity index (χ1) is 14.0. The summed E-state index contributed by atoms with van der Waals surface area (Å²) in [6, 6.07) is 17.1. The van der Waals surface area contributed by atoms with E-state index in [9.17, 15) is 4.79 Å². The number of nitrogens with zero attached hydrogens (tertiary/aromatic N) is 1. The third-order valence-electron chi connectivity index (χ3n) is 4.38. The summed E-state index contributed by atoms with van der Waals surface area (Å²) in [6.45, 7) is 4.85. The van der Waals surface area contributed by atoms with E-state index < -0.39 is 0 Å². The first-order valence-electron chi connectivity index (χ1n) is 9.40. The molecule has 29 heavy (non-hydrogen) atoms. The lowest BCUT2D eigenvalue weighted by atomic mass is 10.1. The molecule has 1 aromatic heterocycles. The van der Waals surface area contributed by atoms with Crippen molar-refractivity contribution in [3.05, 3.63) is 77.6 Å². The third kappa shape index (κ3) is 5.72. The molecule has 0 saturated carbocycles. The van der Waals surface area contributed by atoms with Crippen LogP contribution in [0, 0.1) is 13.8 Å². The maximum Gasteiger partial charge on any atom is 0.269 e. The van der Waals surface area contributed by atoms with Gasteiger partial charge in [0.2, 0.25) is 0 Å². The zero-order chi connectivity index (χ0) is 20.6. The van der Waals surface area contributed by atoms with Gasteiger partial charge in [-0.1, -0.05) is 12.1 Å². The second-order valence-corrected chi connectivity index (χ2v) is 6.66. The zero-order valence-corrected chi connectivity index (χ0v) is 16.9.